The number of hydrogen-bond acceptors (Lipinski definition) is 3. The van der Waals surface area contributed by atoms with Crippen LogP contribution in [0.5, 0.6) is 0 Å². The number of nitrogens with one attached hydrogen (secondary N) is 1. The Balaban J connectivity index is 2.21. The van der Waals surface area contributed by atoms with Crippen molar-refractivity contribution in [1.82, 2.24) is 20.0 Å². The molecule has 1 aliphatic rings. The van der Waals surface area contributed by atoms with E-state index in [1.54, 1.807) is 15.8 Å². The number of amides is 1. The Kier molecular flexibility index (Phi) is 3.99. The molecule has 1 amide bonds. The van der Waals surface area contributed by atoms with Crippen molar-refractivity contribution < 1.29 is 4.79 Å². The molecule has 0 bridgehead atoms. The lowest BCUT2D eigenvalue weighted by Crippen LogP contribution is -2.31. The van der Waals surface area contributed by atoms with Crippen molar-refractivity contribution in [3.63, 3.8) is 0 Å². The zero-order valence-electron chi connectivity index (χ0n) is 11.4. The number of carbonyl (C=O) groups excluding carboxylic acids is 1. The monoisotopic (exact) mass is 278 g/mol. The van der Waals surface area contributed by atoms with Gasteiger partial charge in [0.1, 0.15) is 5.70 Å². The molecule has 0 unspecified atom stereocenters. The topological polar surface area (TPSA) is 50.2 Å². The van der Waals surface area contributed by atoms with Crippen molar-refractivity contribution in [3.8, 4) is 0 Å². The Morgan fingerprint density at radius 3 is 2.84 bits per heavy atom. The lowest BCUT2D eigenvalue weighted by atomic mass is 10.2. The molecular formula is C13H18N4OS. The molecule has 2 heterocycles. The van der Waals surface area contributed by atoms with Crippen LogP contribution >= 0.6 is 12.2 Å². The SMILES string of the molecule is CCCCN1C(=O)/C(=C\c2cnn(C)c2C)NC1=S. The molecule has 0 atom stereocenters. The molecule has 0 spiro atoms. The highest BCUT2D eigenvalue weighted by atomic mass is 32.1. The van der Waals surface area contributed by atoms with Gasteiger partial charge in [0.2, 0.25) is 0 Å². The average molecular weight is 278 g/mol. The van der Waals surface area contributed by atoms with E-state index in [1.807, 2.05) is 20.0 Å². The molecule has 0 aliphatic carbocycles. The fourth-order valence-corrected chi connectivity index (χ4v) is 2.19. The Morgan fingerprint density at radius 2 is 2.26 bits per heavy atom. The summed E-state index contributed by atoms with van der Waals surface area (Å²) in [6.45, 7) is 4.73. The van der Waals surface area contributed by atoms with E-state index in [0.29, 0.717) is 17.4 Å². The molecule has 5 nitrogen and oxygen atoms in total. The lowest BCUT2D eigenvalue weighted by Gasteiger charge is -2.12. The minimum Gasteiger partial charge on any atom is -0.328 e. The Bertz CT molecular complexity index is 547. The van der Waals surface area contributed by atoms with E-state index >= 15 is 0 Å². The summed E-state index contributed by atoms with van der Waals surface area (Å²) in [6, 6.07) is 0. The van der Waals surface area contributed by atoms with Crippen LogP contribution in [0.1, 0.15) is 31.0 Å². The standard InChI is InChI=1S/C13H18N4OS/c1-4-5-6-17-12(18)11(15-13(17)19)7-10-8-14-16(3)9(10)2/h7-8H,4-6H2,1-3H3,(H,15,19)/b11-7+. The van der Waals surface area contributed by atoms with Crippen LogP contribution in [0, 0.1) is 6.92 Å². The third kappa shape index (κ3) is 2.68. The van der Waals surface area contributed by atoms with Crippen molar-refractivity contribution in [1.29, 1.82) is 0 Å². The van der Waals surface area contributed by atoms with Crippen molar-refractivity contribution in [2.45, 2.75) is 26.7 Å². The number of aryl methyl sites for hydroxylation is 1. The first-order valence-corrected chi connectivity index (χ1v) is 6.78. The van der Waals surface area contributed by atoms with E-state index in [2.05, 4.69) is 17.3 Å². The van der Waals surface area contributed by atoms with Gasteiger partial charge in [-0.2, -0.15) is 5.10 Å². The Morgan fingerprint density at radius 1 is 1.53 bits per heavy atom. The number of rotatable bonds is 4. The summed E-state index contributed by atoms with van der Waals surface area (Å²) in [4.78, 5) is 13.8. The predicted molar refractivity (Wildman–Crippen MR) is 78.3 cm³/mol. The van der Waals surface area contributed by atoms with Crippen LogP contribution in [0.2, 0.25) is 0 Å². The average Bonchev–Trinajstić information content (AvgIpc) is 2.83. The number of thiocarbonyl (C=S) groups is 1. The maximum absolute atomic E-state index is 12.2. The summed E-state index contributed by atoms with van der Waals surface area (Å²) in [5.41, 5.74) is 2.47. The minimum absolute atomic E-state index is 0.0540. The first-order chi connectivity index (χ1) is 9.04. The zero-order valence-corrected chi connectivity index (χ0v) is 12.3. The van der Waals surface area contributed by atoms with Crippen LogP contribution in [0.4, 0.5) is 0 Å². The Hall–Kier alpha value is -1.69. The van der Waals surface area contributed by atoms with E-state index in [-0.39, 0.29) is 5.91 Å². The molecule has 1 aromatic heterocycles. The van der Waals surface area contributed by atoms with Crippen LogP contribution in [0.25, 0.3) is 6.08 Å². The fourth-order valence-electron chi connectivity index (χ4n) is 1.90. The van der Waals surface area contributed by atoms with Gasteiger partial charge in [-0.1, -0.05) is 13.3 Å². The van der Waals surface area contributed by atoms with Crippen LogP contribution in [0.3, 0.4) is 0 Å². The smallest absolute Gasteiger partial charge is 0.276 e. The van der Waals surface area contributed by atoms with E-state index in [9.17, 15) is 4.79 Å². The van der Waals surface area contributed by atoms with E-state index in [0.717, 1.165) is 24.1 Å². The van der Waals surface area contributed by atoms with Gasteiger partial charge in [0, 0.05) is 24.8 Å². The van der Waals surface area contributed by atoms with Gasteiger partial charge in [-0.3, -0.25) is 14.4 Å². The van der Waals surface area contributed by atoms with E-state index in [4.69, 9.17) is 12.2 Å². The molecule has 6 heteroatoms. The van der Waals surface area contributed by atoms with Gasteiger partial charge in [0.15, 0.2) is 5.11 Å². The lowest BCUT2D eigenvalue weighted by molar-refractivity contribution is -0.122. The molecule has 0 radical (unpaired) electrons. The molecule has 1 aromatic rings. The van der Waals surface area contributed by atoms with Gasteiger partial charge in [0.25, 0.3) is 5.91 Å². The van der Waals surface area contributed by atoms with Crippen molar-refractivity contribution in [2.75, 3.05) is 6.54 Å². The summed E-state index contributed by atoms with van der Waals surface area (Å²) >= 11 is 5.19. The summed E-state index contributed by atoms with van der Waals surface area (Å²) < 4.78 is 1.78. The van der Waals surface area contributed by atoms with Crippen LogP contribution in [-0.4, -0.2) is 32.2 Å². The van der Waals surface area contributed by atoms with Gasteiger partial charge in [-0.15, -0.1) is 0 Å². The van der Waals surface area contributed by atoms with Gasteiger partial charge < -0.3 is 5.32 Å². The van der Waals surface area contributed by atoms with Crippen LogP contribution in [0.15, 0.2) is 11.9 Å². The first kappa shape index (κ1) is 13.7. The van der Waals surface area contributed by atoms with Gasteiger partial charge in [-0.25, -0.2) is 0 Å². The molecule has 0 saturated carbocycles. The summed E-state index contributed by atoms with van der Waals surface area (Å²) in [6.07, 6.45) is 5.54. The number of hydrogen-bond donors (Lipinski definition) is 1. The maximum Gasteiger partial charge on any atom is 0.276 e. The normalized spacial score (nSPS) is 17.4. The van der Waals surface area contributed by atoms with Crippen molar-refractivity contribution >= 4 is 29.3 Å². The van der Waals surface area contributed by atoms with Crippen LogP contribution < -0.4 is 5.32 Å². The molecule has 1 N–H and O–H groups in total. The first-order valence-electron chi connectivity index (χ1n) is 6.37. The molecule has 1 saturated heterocycles. The molecule has 102 valence electrons. The quantitative estimate of drug-likeness (QED) is 0.671. The van der Waals surface area contributed by atoms with E-state index in [1.165, 1.54) is 0 Å². The fraction of sp³-hybridized carbons (Fsp3) is 0.462. The summed E-state index contributed by atoms with van der Waals surface area (Å²) in [5.74, 6) is -0.0540. The van der Waals surface area contributed by atoms with E-state index < -0.39 is 0 Å². The van der Waals surface area contributed by atoms with Gasteiger partial charge in [0.05, 0.1) is 6.20 Å². The number of nitrogens with zero attached hydrogens (tertiary/aromatic N) is 3. The molecule has 1 aliphatic heterocycles. The summed E-state index contributed by atoms with van der Waals surface area (Å²) in [5, 5.41) is 7.63. The van der Waals surface area contributed by atoms with Crippen molar-refractivity contribution in [3.05, 3.63) is 23.2 Å². The van der Waals surface area contributed by atoms with Crippen LogP contribution in [-0.2, 0) is 11.8 Å². The predicted octanol–water partition coefficient (Wildman–Crippen LogP) is 1.59. The number of aromatic nitrogens is 2. The second-order valence-electron chi connectivity index (χ2n) is 4.61. The number of unbranched alkanes of at least 4 members (excludes halogenated alkanes) is 1. The molecule has 2 rings (SSSR count). The second-order valence-corrected chi connectivity index (χ2v) is 4.99. The molecule has 0 aromatic carbocycles. The molecular weight excluding hydrogens is 260 g/mol. The maximum atomic E-state index is 12.2. The zero-order chi connectivity index (χ0) is 14.0. The summed E-state index contributed by atoms with van der Waals surface area (Å²) in [7, 11) is 1.87. The highest BCUT2D eigenvalue weighted by Gasteiger charge is 2.30. The van der Waals surface area contributed by atoms with Gasteiger partial charge >= 0.3 is 0 Å². The Labute approximate surface area is 118 Å². The third-order valence-electron chi connectivity index (χ3n) is 3.27. The number of carbonyl (C=O) groups is 1. The largest absolute Gasteiger partial charge is 0.328 e. The molecule has 1 fully saturated rings. The second kappa shape index (κ2) is 5.52. The minimum atomic E-state index is -0.0540. The highest BCUT2D eigenvalue weighted by Crippen LogP contribution is 2.16. The van der Waals surface area contributed by atoms with Crippen molar-refractivity contribution in [2.24, 2.45) is 7.05 Å². The van der Waals surface area contributed by atoms with Gasteiger partial charge in [-0.05, 0) is 31.6 Å². The third-order valence-corrected chi connectivity index (χ3v) is 3.59. The molecule has 19 heavy (non-hydrogen) atoms. The highest BCUT2D eigenvalue weighted by molar-refractivity contribution is 7.80.